The van der Waals surface area contributed by atoms with Crippen LogP contribution in [-0.2, 0) is 20.5 Å². The van der Waals surface area contributed by atoms with Gasteiger partial charge in [-0.2, -0.15) is 4.31 Å². The van der Waals surface area contributed by atoms with Gasteiger partial charge in [-0.25, -0.2) is 18.4 Å². The predicted octanol–water partition coefficient (Wildman–Crippen LogP) is 3.67. The number of benzene rings is 1. The lowest BCUT2D eigenvalue weighted by Crippen LogP contribution is -2.40. The first-order valence-corrected chi connectivity index (χ1v) is 12.0. The van der Waals surface area contributed by atoms with Crippen molar-refractivity contribution in [2.24, 2.45) is 0 Å². The van der Waals surface area contributed by atoms with E-state index in [0.29, 0.717) is 37.9 Å². The lowest BCUT2D eigenvalue weighted by molar-refractivity contribution is 0.0730. The number of aromatic nitrogens is 2. The minimum Gasteiger partial charge on any atom is -0.444 e. The number of thioether (sulfide) groups is 1. The number of rotatable bonds is 6. The molecule has 0 atom stereocenters. The van der Waals surface area contributed by atoms with Crippen LogP contribution in [0.2, 0.25) is 0 Å². The van der Waals surface area contributed by atoms with Gasteiger partial charge in [-0.3, -0.25) is 0 Å². The largest absolute Gasteiger partial charge is 0.444 e. The van der Waals surface area contributed by atoms with Crippen LogP contribution < -0.4 is 0 Å². The monoisotopic (exact) mass is 445 g/mol. The third kappa shape index (κ3) is 4.59. The van der Waals surface area contributed by atoms with Crippen LogP contribution in [0, 0.1) is 13.8 Å². The van der Waals surface area contributed by atoms with Crippen molar-refractivity contribution in [2.75, 3.05) is 26.3 Å². The SMILES string of the molecule is Cc1ccc(-c2nc(CSc3ccc(S(=O)(=O)N4CCOCC4)cn3)co2)c(C)c1. The molecule has 0 bridgehead atoms. The number of hydrogen-bond donors (Lipinski definition) is 0. The molecule has 0 N–H and O–H groups in total. The number of pyridine rings is 1. The Kier molecular flexibility index (Phi) is 6.24. The fourth-order valence-corrected chi connectivity index (χ4v) is 5.31. The predicted molar refractivity (Wildman–Crippen MR) is 115 cm³/mol. The van der Waals surface area contributed by atoms with Crippen LogP contribution in [0.15, 0.2) is 57.1 Å². The van der Waals surface area contributed by atoms with Crippen LogP contribution in [0.25, 0.3) is 11.5 Å². The number of aryl methyl sites for hydroxylation is 2. The number of sulfonamides is 1. The third-order valence-corrected chi connectivity index (χ3v) is 7.71. The van der Waals surface area contributed by atoms with Crippen molar-refractivity contribution in [1.29, 1.82) is 0 Å². The second-order valence-electron chi connectivity index (χ2n) is 7.10. The van der Waals surface area contributed by atoms with E-state index in [2.05, 4.69) is 23.0 Å². The molecule has 3 aromatic rings. The molecule has 1 aliphatic rings. The third-order valence-electron chi connectivity index (χ3n) is 4.85. The minimum absolute atomic E-state index is 0.201. The normalized spacial score (nSPS) is 15.4. The Morgan fingerprint density at radius 2 is 1.93 bits per heavy atom. The summed E-state index contributed by atoms with van der Waals surface area (Å²) in [5.74, 6) is 1.18. The fourth-order valence-electron chi connectivity index (χ4n) is 3.24. The van der Waals surface area contributed by atoms with Crippen molar-refractivity contribution in [3.63, 3.8) is 0 Å². The highest BCUT2D eigenvalue weighted by Gasteiger charge is 2.26. The van der Waals surface area contributed by atoms with Crippen LogP contribution in [0.5, 0.6) is 0 Å². The maximum Gasteiger partial charge on any atom is 0.244 e. The molecule has 0 amide bonds. The van der Waals surface area contributed by atoms with Crippen LogP contribution in [0.4, 0.5) is 0 Å². The summed E-state index contributed by atoms with van der Waals surface area (Å²) >= 11 is 1.48. The zero-order chi connectivity index (χ0) is 21.1. The molecule has 30 heavy (non-hydrogen) atoms. The van der Waals surface area contributed by atoms with E-state index in [9.17, 15) is 8.42 Å². The van der Waals surface area contributed by atoms with Gasteiger partial charge < -0.3 is 9.15 Å². The van der Waals surface area contributed by atoms with Gasteiger partial charge in [-0.15, -0.1) is 0 Å². The van der Waals surface area contributed by atoms with Gasteiger partial charge in [0, 0.05) is 30.6 Å². The zero-order valence-corrected chi connectivity index (χ0v) is 18.5. The van der Waals surface area contributed by atoms with E-state index in [1.54, 1.807) is 18.4 Å². The van der Waals surface area contributed by atoms with Gasteiger partial charge in [0.15, 0.2) is 0 Å². The van der Waals surface area contributed by atoms with Crippen molar-refractivity contribution in [3.8, 4) is 11.5 Å². The van der Waals surface area contributed by atoms with Crippen molar-refractivity contribution >= 4 is 21.8 Å². The number of ether oxygens (including phenoxy) is 1. The molecule has 9 heteroatoms. The quantitative estimate of drug-likeness (QED) is 0.535. The van der Waals surface area contributed by atoms with Gasteiger partial charge in [0.1, 0.15) is 11.2 Å². The van der Waals surface area contributed by atoms with E-state index in [4.69, 9.17) is 9.15 Å². The molecule has 0 radical (unpaired) electrons. The lowest BCUT2D eigenvalue weighted by atomic mass is 10.1. The molecule has 2 aromatic heterocycles. The summed E-state index contributed by atoms with van der Waals surface area (Å²) in [6, 6.07) is 9.48. The first-order valence-electron chi connectivity index (χ1n) is 9.62. The summed E-state index contributed by atoms with van der Waals surface area (Å²) in [7, 11) is -3.53. The summed E-state index contributed by atoms with van der Waals surface area (Å²) < 4.78 is 37.6. The molecule has 158 valence electrons. The first-order chi connectivity index (χ1) is 14.4. The Bertz CT molecular complexity index is 1120. The van der Waals surface area contributed by atoms with Crippen LogP contribution >= 0.6 is 11.8 Å². The average molecular weight is 446 g/mol. The molecule has 0 spiro atoms. The Morgan fingerprint density at radius 1 is 1.13 bits per heavy atom. The highest BCUT2D eigenvalue weighted by Crippen LogP contribution is 2.27. The topological polar surface area (TPSA) is 85.5 Å². The molecule has 0 unspecified atom stereocenters. The van der Waals surface area contributed by atoms with Gasteiger partial charge in [0.05, 0.1) is 23.9 Å². The Balaban J connectivity index is 1.40. The second kappa shape index (κ2) is 8.89. The highest BCUT2D eigenvalue weighted by atomic mass is 32.2. The van der Waals surface area contributed by atoms with Crippen molar-refractivity contribution in [2.45, 2.75) is 29.5 Å². The van der Waals surface area contributed by atoms with Crippen molar-refractivity contribution in [3.05, 3.63) is 59.6 Å². The highest BCUT2D eigenvalue weighted by molar-refractivity contribution is 7.98. The fraction of sp³-hybridized carbons (Fsp3) is 0.333. The van der Waals surface area contributed by atoms with E-state index in [1.165, 1.54) is 27.8 Å². The van der Waals surface area contributed by atoms with Crippen LogP contribution in [-0.4, -0.2) is 49.0 Å². The van der Waals surface area contributed by atoms with Crippen molar-refractivity contribution in [1.82, 2.24) is 14.3 Å². The first kappa shape index (κ1) is 21.0. The van der Waals surface area contributed by atoms with E-state index in [-0.39, 0.29) is 4.90 Å². The number of nitrogens with zero attached hydrogens (tertiary/aromatic N) is 3. The van der Waals surface area contributed by atoms with Gasteiger partial charge in [0.25, 0.3) is 0 Å². The lowest BCUT2D eigenvalue weighted by Gasteiger charge is -2.25. The Morgan fingerprint density at radius 3 is 2.63 bits per heavy atom. The number of hydrogen-bond acceptors (Lipinski definition) is 7. The van der Waals surface area contributed by atoms with Gasteiger partial charge >= 0.3 is 0 Å². The molecule has 3 heterocycles. The maximum atomic E-state index is 12.7. The molecule has 1 aliphatic heterocycles. The Hall–Kier alpha value is -2.20. The molecule has 0 saturated carbocycles. The second-order valence-corrected chi connectivity index (χ2v) is 10.0. The Labute approximate surface area is 180 Å². The van der Waals surface area contributed by atoms with E-state index >= 15 is 0 Å². The molecule has 0 aliphatic carbocycles. The summed E-state index contributed by atoms with van der Waals surface area (Å²) in [4.78, 5) is 9.09. The number of oxazole rings is 1. The zero-order valence-electron chi connectivity index (χ0n) is 16.9. The molecule has 1 aromatic carbocycles. The average Bonchev–Trinajstić information content (AvgIpc) is 3.22. The van der Waals surface area contributed by atoms with Gasteiger partial charge in [0.2, 0.25) is 15.9 Å². The minimum atomic E-state index is -3.53. The summed E-state index contributed by atoms with van der Waals surface area (Å²) in [5.41, 5.74) is 4.10. The van der Waals surface area contributed by atoms with E-state index in [1.807, 2.05) is 19.1 Å². The molecule has 1 saturated heterocycles. The smallest absolute Gasteiger partial charge is 0.244 e. The summed E-state index contributed by atoms with van der Waals surface area (Å²) in [5, 5.41) is 0.729. The molecule has 4 rings (SSSR count). The van der Waals surface area contributed by atoms with Crippen LogP contribution in [0.1, 0.15) is 16.8 Å². The van der Waals surface area contributed by atoms with E-state index in [0.717, 1.165) is 21.8 Å². The summed E-state index contributed by atoms with van der Waals surface area (Å²) in [6.45, 7) is 5.67. The summed E-state index contributed by atoms with van der Waals surface area (Å²) in [6.07, 6.45) is 3.07. The van der Waals surface area contributed by atoms with E-state index < -0.39 is 10.0 Å². The van der Waals surface area contributed by atoms with Gasteiger partial charge in [-0.1, -0.05) is 29.5 Å². The molecular formula is C21H23N3O4S2. The standard InChI is InChI=1S/C21H23N3O4S2/c1-15-3-5-19(16(2)11-15)21-23-17(13-28-21)14-29-20-6-4-18(12-22-20)30(25,26)24-7-9-27-10-8-24/h3-6,11-13H,7-10,14H2,1-2H3. The molecular weight excluding hydrogens is 422 g/mol. The number of morpholine rings is 1. The van der Waals surface area contributed by atoms with Crippen LogP contribution in [0.3, 0.4) is 0 Å². The molecule has 1 fully saturated rings. The molecule has 7 nitrogen and oxygen atoms in total. The van der Waals surface area contributed by atoms with Crippen molar-refractivity contribution < 1.29 is 17.6 Å². The van der Waals surface area contributed by atoms with Gasteiger partial charge in [-0.05, 0) is 37.6 Å². The maximum absolute atomic E-state index is 12.7.